The van der Waals surface area contributed by atoms with Gasteiger partial charge in [0.1, 0.15) is 5.82 Å². The van der Waals surface area contributed by atoms with E-state index in [1.54, 1.807) is 4.57 Å². The molecule has 1 aliphatic rings. The van der Waals surface area contributed by atoms with E-state index in [4.69, 9.17) is 4.98 Å². The first-order valence-electron chi connectivity index (χ1n) is 13.1. The number of rotatable bonds is 11. The summed E-state index contributed by atoms with van der Waals surface area (Å²) in [6.07, 6.45) is 8.52. The van der Waals surface area contributed by atoms with Gasteiger partial charge in [-0.15, -0.1) is 0 Å². The predicted molar refractivity (Wildman–Crippen MR) is 138 cm³/mol. The van der Waals surface area contributed by atoms with Gasteiger partial charge in [0.15, 0.2) is 11.2 Å². The highest BCUT2D eigenvalue weighted by Gasteiger charge is 2.23. The number of imidazole rings is 1. The van der Waals surface area contributed by atoms with Crippen molar-refractivity contribution < 1.29 is 4.79 Å². The van der Waals surface area contributed by atoms with Gasteiger partial charge in [-0.05, 0) is 43.2 Å². The van der Waals surface area contributed by atoms with Crippen molar-refractivity contribution in [3.8, 4) is 0 Å². The molecule has 1 aliphatic carbocycles. The number of unbranched alkanes of at least 4 members (excludes halogenated alkanes) is 3. The van der Waals surface area contributed by atoms with E-state index in [0.29, 0.717) is 36.5 Å². The second kappa shape index (κ2) is 11.5. The standard InChI is InChI=1S/C27H37N5O3/c1-3-5-9-18-31-22(29-25-24(31)26(34)30-27(35)32(25)17-6-4-2)15-16-23(33)28-21-14-10-12-19-11-7-8-13-20(19)21/h7-8,11,13,21H,3-6,9-10,12,14-18H2,1-2H3,(H,28,33)(H,30,34,35)/t21-/m0/s1. The Morgan fingerprint density at radius 1 is 1.09 bits per heavy atom. The molecule has 0 unspecified atom stereocenters. The molecule has 0 radical (unpaired) electrons. The van der Waals surface area contributed by atoms with Gasteiger partial charge in [0.05, 0.1) is 6.04 Å². The third-order valence-corrected chi connectivity index (χ3v) is 6.97. The molecule has 8 heteroatoms. The molecular weight excluding hydrogens is 442 g/mol. The van der Waals surface area contributed by atoms with Crippen molar-refractivity contribution in [1.82, 2.24) is 24.4 Å². The van der Waals surface area contributed by atoms with Crippen LogP contribution in [0.1, 0.15) is 88.2 Å². The van der Waals surface area contributed by atoms with Crippen LogP contribution in [-0.2, 0) is 30.7 Å². The van der Waals surface area contributed by atoms with Crippen LogP contribution in [0.2, 0.25) is 0 Å². The van der Waals surface area contributed by atoms with Crippen LogP contribution in [0.3, 0.4) is 0 Å². The topological polar surface area (TPSA) is 102 Å². The van der Waals surface area contributed by atoms with Gasteiger partial charge in [-0.25, -0.2) is 9.78 Å². The lowest BCUT2D eigenvalue weighted by Crippen LogP contribution is -2.31. The minimum absolute atomic E-state index is 0.0175. The van der Waals surface area contributed by atoms with Crippen molar-refractivity contribution in [2.45, 2.75) is 97.2 Å². The summed E-state index contributed by atoms with van der Waals surface area (Å²) in [7, 11) is 0. The van der Waals surface area contributed by atoms with Crippen molar-refractivity contribution in [1.29, 1.82) is 0 Å². The Kier molecular flexibility index (Phi) is 8.21. The zero-order valence-corrected chi connectivity index (χ0v) is 20.9. The number of aryl methyl sites for hydroxylation is 4. The molecule has 188 valence electrons. The van der Waals surface area contributed by atoms with Gasteiger partial charge < -0.3 is 9.88 Å². The molecule has 0 aliphatic heterocycles. The highest BCUT2D eigenvalue weighted by molar-refractivity contribution is 5.77. The first-order chi connectivity index (χ1) is 17.0. The van der Waals surface area contributed by atoms with Crippen LogP contribution in [-0.4, -0.2) is 25.0 Å². The summed E-state index contributed by atoms with van der Waals surface area (Å²) in [5, 5.41) is 3.21. The zero-order valence-electron chi connectivity index (χ0n) is 20.9. The van der Waals surface area contributed by atoms with Crippen LogP contribution >= 0.6 is 0 Å². The van der Waals surface area contributed by atoms with Crippen LogP contribution in [0, 0.1) is 0 Å². The van der Waals surface area contributed by atoms with Crippen molar-refractivity contribution in [2.75, 3.05) is 0 Å². The van der Waals surface area contributed by atoms with Crippen LogP contribution in [0.15, 0.2) is 33.9 Å². The number of nitrogens with zero attached hydrogens (tertiary/aromatic N) is 3. The summed E-state index contributed by atoms with van der Waals surface area (Å²) < 4.78 is 3.49. The van der Waals surface area contributed by atoms with Crippen molar-refractivity contribution in [3.63, 3.8) is 0 Å². The lowest BCUT2D eigenvalue weighted by molar-refractivity contribution is -0.121. The Hall–Kier alpha value is -3.16. The average molecular weight is 480 g/mol. The van der Waals surface area contributed by atoms with Crippen LogP contribution in [0.25, 0.3) is 11.2 Å². The van der Waals surface area contributed by atoms with Crippen molar-refractivity contribution >= 4 is 17.1 Å². The van der Waals surface area contributed by atoms with Gasteiger partial charge in [-0.1, -0.05) is 57.4 Å². The quantitative estimate of drug-likeness (QED) is 0.406. The van der Waals surface area contributed by atoms with Gasteiger partial charge >= 0.3 is 5.69 Å². The normalized spacial score (nSPS) is 15.3. The fourth-order valence-electron chi connectivity index (χ4n) is 5.09. The second-order valence-corrected chi connectivity index (χ2v) is 9.53. The number of carbonyl (C=O) groups is 1. The number of aromatic amines is 1. The summed E-state index contributed by atoms with van der Waals surface area (Å²) >= 11 is 0. The zero-order chi connectivity index (χ0) is 24.8. The van der Waals surface area contributed by atoms with Crippen LogP contribution in [0.5, 0.6) is 0 Å². The molecule has 4 rings (SSSR count). The Morgan fingerprint density at radius 2 is 1.86 bits per heavy atom. The molecule has 35 heavy (non-hydrogen) atoms. The van der Waals surface area contributed by atoms with E-state index >= 15 is 0 Å². The molecule has 0 bridgehead atoms. The van der Waals surface area contributed by atoms with Gasteiger partial charge in [0, 0.05) is 25.9 Å². The van der Waals surface area contributed by atoms with Gasteiger partial charge in [0.2, 0.25) is 5.91 Å². The maximum absolute atomic E-state index is 12.9. The molecule has 3 aromatic rings. The Labute approximate surface area is 205 Å². The Bertz CT molecular complexity index is 1290. The molecule has 0 fully saturated rings. The molecule has 0 spiro atoms. The number of hydrogen-bond acceptors (Lipinski definition) is 4. The van der Waals surface area contributed by atoms with E-state index in [-0.39, 0.29) is 18.4 Å². The molecule has 0 saturated carbocycles. The SMILES string of the molecule is CCCCCn1c(CCC(=O)N[C@H]2CCCc3ccccc32)nc2c1c(=O)[nH]c(=O)n2CCCC. The fourth-order valence-corrected chi connectivity index (χ4v) is 5.09. The highest BCUT2D eigenvalue weighted by atomic mass is 16.2. The molecule has 1 amide bonds. The van der Waals surface area contributed by atoms with Gasteiger partial charge in [-0.2, -0.15) is 0 Å². The third kappa shape index (κ3) is 5.57. The van der Waals surface area contributed by atoms with Crippen LogP contribution < -0.4 is 16.6 Å². The molecule has 2 aromatic heterocycles. The summed E-state index contributed by atoms with van der Waals surface area (Å²) in [4.78, 5) is 45.5. The summed E-state index contributed by atoms with van der Waals surface area (Å²) in [6, 6.07) is 8.36. The first-order valence-corrected chi connectivity index (χ1v) is 13.1. The van der Waals surface area contributed by atoms with E-state index in [0.717, 1.165) is 51.4 Å². The van der Waals surface area contributed by atoms with Crippen molar-refractivity contribution in [3.05, 3.63) is 62.1 Å². The summed E-state index contributed by atoms with van der Waals surface area (Å²) in [5.41, 5.74) is 2.57. The summed E-state index contributed by atoms with van der Waals surface area (Å²) in [6.45, 7) is 5.35. The molecule has 2 N–H and O–H groups in total. The predicted octanol–water partition coefficient (Wildman–Crippen LogP) is 4.00. The Balaban J connectivity index is 1.57. The smallest absolute Gasteiger partial charge is 0.330 e. The molecular formula is C27H37N5O3. The lowest BCUT2D eigenvalue weighted by Gasteiger charge is -2.26. The average Bonchev–Trinajstić information content (AvgIpc) is 3.22. The second-order valence-electron chi connectivity index (χ2n) is 9.53. The number of carbonyl (C=O) groups excluding carboxylic acids is 1. The molecule has 8 nitrogen and oxygen atoms in total. The number of amides is 1. The van der Waals surface area contributed by atoms with Gasteiger partial charge in [0.25, 0.3) is 5.56 Å². The number of benzene rings is 1. The molecule has 1 aromatic carbocycles. The van der Waals surface area contributed by atoms with E-state index in [9.17, 15) is 14.4 Å². The van der Waals surface area contributed by atoms with Crippen LogP contribution in [0.4, 0.5) is 0 Å². The highest BCUT2D eigenvalue weighted by Crippen LogP contribution is 2.29. The van der Waals surface area contributed by atoms with Gasteiger partial charge in [-0.3, -0.25) is 19.1 Å². The maximum atomic E-state index is 12.9. The molecule has 2 heterocycles. The number of fused-ring (bicyclic) bond motifs is 2. The minimum Gasteiger partial charge on any atom is -0.349 e. The van der Waals surface area contributed by atoms with E-state index in [2.05, 4.69) is 36.3 Å². The Morgan fingerprint density at radius 3 is 2.66 bits per heavy atom. The number of hydrogen-bond donors (Lipinski definition) is 2. The maximum Gasteiger partial charge on any atom is 0.330 e. The number of nitrogens with one attached hydrogen (secondary N) is 2. The summed E-state index contributed by atoms with van der Waals surface area (Å²) in [5.74, 6) is 0.674. The number of H-pyrrole nitrogens is 1. The third-order valence-electron chi connectivity index (χ3n) is 6.97. The molecule has 1 atom stereocenters. The molecule has 0 saturated heterocycles. The van der Waals surface area contributed by atoms with E-state index < -0.39 is 11.2 Å². The monoisotopic (exact) mass is 479 g/mol. The van der Waals surface area contributed by atoms with Crippen molar-refractivity contribution in [2.24, 2.45) is 0 Å². The minimum atomic E-state index is -0.422. The largest absolute Gasteiger partial charge is 0.349 e. The first kappa shape index (κ1) is 24.9. The fraction of sp³-hybridized carbons (Fsp3) is 0.556. The lowest BCUT2D eigenvalue weighted by atomic mass is 9.87. The van der Waals surface area contributed by atoms with E-state index in [1.165, 1.54) is 11.1 Å². The number of aromatic nitrogens is 4. The van der Waals surface area contributed by atoms with E-state index in [1.807, 2.05) is 16.7 Å².